The van der Waals surface area contributed by atoms with Crippen molar-refractivity contribution in [3.8, 4) is 0 Å². The van der Waals surface area contributed by atoms with E-state index in [-0.39, 0.29) is 11.5 Å². The molecule has 0 atom stereocenters. The fourth-order valence-electron chi connectivity index (χ4n) is 3.02. The van der Waals surface area contributed by atoms with Gasteiger partial charge in [-0.2, -0.15) is 0 Å². The lowest BCUT2D eigenvalue weighted by molar-refractivity contribution is -0.121. The van der Waals surface area contributed by atoms with Crippen molar-refractivity contribution in [2.75, 3.05) is 31.6 Å². The number of ether oxygens (including phenoxy) is 1. The summed E-state index contributed by atoms with van der Waals surface area (Å²) in [6.45, 7) is 9.71. The molecule has 7 nitrogen and oxygen atoms in total. The number of rotatable bonds is 9. The molecule has 30 heavy (non-hydrogen) atoms. The topological polar surface area (TPSA) is 75.9 Å². The summed E-state index contributed by atoms with van der Waals surface area (Å²) in [5.41, 5.74) is 1.54. The normalized spacial score (nSPS) is 15.4. The van der Waals surface area contributed by atoms with Crippen LogP contribution in [0.25, 0.3) is 11.7 Å². The molecule has 0 spiro atoms. The van der Waals surface area contributed by atoms with Gasteiger partial charge in [0, 0.05) is 32.5 Å². The minimum Gasteiger partial charge on any atom is -0.382 e. The van der Waals surface area contributed by atoms with Gasteiger partial charge in [-0.3, -0.25) is 18.9 Å². The van der Waals surface area contributed by atoms with Crippen molar-refractivity contribution in [1.29, 1.82) is 0 Å². The van der Waals surface area contributed by atoms with Crippen molar-refractivity contribution in [3.63, 3.8) is 0 Å². The number of carbonyl (C=O) groups is 1. The van der Waals surface area contributed by atoms with Gasteiger partial charge in [-0.25, -0.2) is 4.98 Å². The van der Waals surface area contributed by atoms with Crippen LogP contribution in [0.15, 0.2) is 40.7 Å². The summed E-state index contributed by atoms with van der Waals surface area (Å²) in [6.07, 6.45) is 5.64. The van der Waals surface area contributed by atoms with Crippen molar-refractivity contribution in [2.45, 2.75) is 20.3 Å². The van der Waals surface area contributed by atoms with Crippen LogP contribution in [0.1, 0.15) is 24.5 Å². The summed E-state index contributed by atoms with van der Waals surface area (Å²) in [5.74, 6) is 0.209. The van der Waals surface area contributed by atoms with Crippen LogP contribution in [0, 0.1) is 6.92 Å². The second-order valence-corrected chi connectivity index (χ2v) is 8.30. The van der Waals surface area contributed by atoms with Crippen LogP contribution in [0.5, 0.6) is 0 Å². The van der Waals surface area contributed by atoms with Crippen LogP contribution >= 0.6 is 24.0 Å². The zero-order valence-corrected chi connectivity index (χ0v) is 18.6. The molecule has 1 aliphatic heterocycles. The van der Waals surface area contributed by atoms with Crippen LogP contribution in [0.2, 0.25) is 0 Å². The SMILES string of the molecule is C=CCN1C(=O)/C(=C\c2c(NCCCOCC)nc3c(C)cccn3c2=O)SC1=S. The predicted octanol–water partition coefficient (Wildman–Crippen LogP) is 3.23. The molecule has 0 saturated carbocycles. The van der Waals surface area contributed by atoms with Crippen LogP contribution in [-0.4, -0.2) is 50.8 Å². The van der Waals surface area contributed by atoms with Crippen LogP contribution in [0.3, 0.4) is 0 Å². The van der Waals surface area contributed by atoms with E-state index in [2.05, 4.69) is 16.9 Å². The molecule has 3 heterocycles. The summed E-state index contributed by atoms with van der Waals surface area (Å²) in [5, 5.41) is 3.24. The zero-order chi connectivity index (χ0) is 21.7. The number of aromatic nitrogens is 2. The third kappa shape index (κ3) is 4.63. The van der Waals surface area contributed by atoms with Gasteiger partial charge in [-0.1, -0.05) is 36.1 Å². The third-order valence-corrected chi connectivity index (χ3v) is 5.88. The van der Waals surface area contributed by atoms with E-state index in [9.17, 15) is 9.59 Å². The van der Waals surface area contributed by atoms with Gasteiger partial charge in [0.25, 0.3) is 11.5 Å². The largest absolute Gasteiger partial charge is 0.382 e. The second-order valence-electron chi connectivity index (χ2n) is 6.62. The summed E-state index contributed by atoms with van der Waals surface area (Å²) >= 11 is 6.47. The minimum atomic E-state index is -0.245. The van der Waals surface area contributed by atoms with Gasteiger partial charge >= 0.3 is 0 Å². The molecular formula is C21H24N4O3S2. The second kappa shape index (κ2) is 10.0. The van der Waals surface area contributed by atoms with Gasteiger partial charge in [0.15, 0.2) is 0 Å². The van der Waals surface area contributed by atoms with Crippen LogP contribution < -0.4 is 10.9 Å². The molecule has 0 aliphatic carbocycles. The Morgan fingerprint density at radius 1 is 1.40 bits per heavy atom. The molecule has 158 valence electrons. The molecule has 1 aliphatic rings. The van der Waals surface area contributed by atoms with Gasteiger partial charge in [-0.05, 0) is 38.0 Å². The van der Waals surface area contributed by atoms with Crippen molar-refractivity contribution >= 4 is 51.7 Å². The van der Waals surface area contributed by atoms with Crippen molar-refractivity contribution < 1.29 is 9.53 Å². The van der Waals surface area contributed by atoms with Gasteiger partial charge in [0.2, 0.25) is 0 Å². The first-order chi connectivity index (χ1) is 14.5. The molecule has 0 unspecified atom stereocenters. The number of fused-ring (bicyclic) bond motifs is 1. The van der Waals surface area contributed by atoms with E-state index in [1.54, 1.807) is 24.4 Å². The number of nitrogens with one attached hydrogen (secondary N) is 1. The summed E-state index contributed by atoms with van der Waals surface area (Å²) in [4.78, 5) is 32.5. The van der Waals surface area contributed by atoms with Gasteiger partial charge in [0.05, 0.1) is 10.5 Å². The fraction of sp³-hybridized carbons (Fsp3) is 0.333. The summed E-state index contributed by atoms with van der Waals surface area (Å²) in [6, 6.07) is 3.70. The van der Waals surface area contributed by atoms with Crippen molar-refractivity contribution in [3.05, 3.63) is 57.4 Å². The van der Waals surface area contributed by atoms with E-state index in [1.807, 2.05) is 19.9 Å². The quantitative estimate of drug-likeness (QED) is 0.275. The number of amides is 1. The highest BCUT2D eigenvalue weighted by Crippen LogP contribution is 2.32. The number of hydrogen-bond acceptors (Lipinski definition) is 7. The summed E-state index contributed by atoms with van der Waals surface area (Å²) in [7, 11) is 0. The van der Waals surface area contributed by atoms with Crippen LogP contribution in [-0.2, 0) is 9.53 Å². The number of nitrogens with zero attached hydrogens (tertiary/aromatic N) is 3. The van der Waals surface area contributed by atoms with E-state index in [1.165, 1.54) is 21.1 Å². The Morgan fingerprint density at radius 2 is 2.20 bits per heavy atom. The minimum absolute atomic E-state index is 0.235. The zero-order valence-electron chi connectivity index (χ0n) is 17.0. The molecule has 2 aromatic heterocycles. The molecule has 0 bridgehead atoms. The Balaban J connectivity index is 2.03. The van der Waals surface area contributed by atoms with Gasteiger partial charge < -0.3 is 10.1 Å². The van der Waals surface area contributed by atoms with Crippen LogP contribution in [0.4, 0.5) is 5.82 Å². The monoisotopic (exact) mass is 444 g/mol. The fourth-order valence-corrected chi connectivity index (χ4v) is 4.28. The maximum absolute atomic E-state index is 13.3. The lowest BCUT2D eigenvalue weighted by atomic mass is 10.2. The third-order valence-electron chi connectivity index (χ3n) is 4.51. The van der Waals surface area contributed by atoms with Crippen molar-refractivity contribution in [1.82, 2.24) is 14.3 Å². The Kier molecular flexibility index (Phi) is 7.41. The highest BCUT2D eigenvalue weighted by atomic mass is 32.2. The van der Waals surface area contributed by atoms with E-state index in [0.717, 1.165) is 12.0 Å². The molecule has 1 amide bonds. The summed E-state index contributed by atoms with van der Waals surface area (Å²) < 4.78 is 7.31. The number of hydrogen-bond donors (Lipinski definition) is 1. The van der Waals surface area contributed by atoms with Crippen molar-refractivity contribution in [2.24, 2.45) is 0 Å². The average molecular weight is 445 g/mol. The number of carbonyl (C=O) groups excluding carboxylic acids is 1. The van der Waals surface area contributed by atoms with E-state index in [0.29, 0.717) is 52.6 Å². The smallest absolute Gasteiger partial charge is 0.267 e. The highest BCUT2D eigenvalue weighted by molar-refractivity contribution is 8.26. The Morgan fingerprint density at radius 3 is 2.93 bits per heavy atom. The number of aryl methyl sites for hydroxylation is 1. The number of pyridine rings is 1. The molecule has 3 rings (SSSR count). The van der Waals surface area contributed by atoms with E-state index in [4.69, 9.17) is 17.0 Å². The van der Waals surface area contributed by atoms with E-state index < -0.39 is 0 Å². The average Bonchev–Trinajstić information content (AvgIpc) is 2.99. The molecule has 1 N–H and O–H groups in total. The first-order valence-electron chi connectivity index (χ1n) is 9.67. The standard InChI is InChI=1S/C21H24N4O3S2/c1-4-10-25-20(27)16(30-21(25)29)13-15-17(22-9-7-12-28-5-2)23-18-14(3)8-6-11-24(18)19(15)26/h4,6,8,11,13,22H,1,5,7,9-10,12H2,2-3H3/b16-13+. The number of thiocarbonyl (C=S) groups is 1. The lowest BCUT2D eigenvalue weighted by Gasteiger charge is -2.12. The predicted molar refractivity (Wildman–Crippen MR) is 126 cm³/mol. The van der Waals surface area contributed by atoms with Gasteiger partial charge in [-0.15, -0.1) is 6.58 Å². The Labute approximate surface area is 184 Å². The molecule has 2 aromatic rings. The molecular weight excluding hydrogens is 420 g/mol. The first kappa shape index (κ1) is 22.2. The Hall–Kier alpha value is -2.49. The first-order valence-corrected chi connectivity index (χ1v) is 10.9. The van der Waals surface area contributed by atoms with Gasteiger partial charge in [0.1, 0.15) is 15.8 Å². The highest BCUT2D eigenvalue weighted by Gasteiger charge is 2.31. The molecule has 0 aromatic carbocycles. The molecule has 1 saturated heterocycles. The Bertz CT molecular complexity index is 1080. The number of anilines is 1. The maximum atomic E-state index is 13.3. The van der Waals surface area contributed by atoms with E-state index >= 15 is 0 Å². The molecule has 0 radical (unpaired) electrons. The maximum Gasteiger partial charge on any atom is 0.267 e. The molecule has 1 fully saturated rings. The lowest BCUT2D eigenvalue weighted by Crippen LogP contribution is -2.28. The molecule has 9 heteroatoms. The number of thioether (sulfide) groups is 1.